The second kappa shape index (κ2) is 7.81. The SMILES string of the molecule is COc1ccc(CNCc2ccccc2CN(C)C)cc1. The molecule has 2 aromatic rings. The van der Waals surface area contributed by atoms with Gasteiger partial charge in [-0.25, -0.2) is 0 Å². The highest BCUT2D eigenvalue weighted by molar-refractivity contribution is 5.28. The van der Waals surface area contributed by atoms with Gasteiger partial charge in [-0.2, -0.15) is 0 Å². The molecule has 0 radical (unpaired) electrons. The summed E-state index contributed by atoms with van der Waals surface area (Å²) in [6, 6.07) is 16.8. The molecule has 0 bridgehead atoms. The Labute approximate surface area is 127 Å². The Balaban J connectivity index is 1.90. The minimum Gasteiger partial charge on any atom is -0.497 e. The Bertz CT molecular complexity index is 549. The van der Waals surface area contributed by atoms with Gasteiger partial charge in [0.1, 0.15) is 5.75 Å². The maximum Gasteiger partial charge on any atom is 0.118 e. The Morgan fingerprint density at radius 2 is 1.57 bits per heavy atom. The molecule has 3 heteroatoms. The Hall–Kier alpha value is -1.84. The van der Waals surface area contributed by atoms with Crippen molar-refractivity contribution in [3.8, 4) is 5.75 Å². The molecule has 0 unspecified atom stereocenters. The van der Waals surface area contributed by atoms with Crippen LogP contribution in [0.1, 0.15) is 16.7 Å². The summed E-state index contributed by atoms with van der Waals surface area (Å²) >= 11 is 0. The highest BCUT2D eigenvalue weighted by atomic mass is 16.5. The molecule has 3 nitrogen and oxygen atoms in total. The molecule has 0 heterocycles. The third-order valence-electron chi connectivity index (χ3n) is 3.41. The summed E-state index contributed by atoms with van der Waals surface area (Å²) in [5.74, 6) is 0.898. The van der Waals surface area contributed by atoms with Crippen LogP contribution in [0.2, 0.25) is 0 Å². The summed E-state index contributed by atoms with van der Waals surface area (Å²) in [6.45, 7) is 2.72. The Morgan fingerprint density at radius 1 is 0.905 bits per heavy atom. The maximum absolute atomic E-state index is 5.17. The number of methoxy groups -OCH3 is 1. The number of rotatable bonds is 7. The molecular formula is C18H24N2O. The molecule has 0 aliphatic heterocycles. The van der Waals surface area contributed by atoms with Crippen molar-refractivity contribution in [2.45, 2.75) is 19.6 Å². The van der Waals surface area contributed by atoms with Gasteiger partial charge < -0.3 is 15.0 Å². The van der Waals surface area contributed by atoms with Crippen LogP contribution in [0.4, 0.5) is 0 Å². The fraction of sp³-hybridized carbons (Fsp3) is 0.333. The third kappa shape index (κ3) is 4.88. The molecule has 0 spiro atoms. The average molecular weight is 284 g/mol. The number of ether oxygens (including phenoxy) is 1. The normalized spacial score (nSPS) is 10.9. The van der Waals surface area contributed by atoms with E-state index in [2.05, 4.69) is 60.7 Å². The third-order valence-corrected chi connectivity index (χ3v) is 3.41. The Morgan fingerprint density at radius 3 is 2.19 bits per heavy atom. The maximum atomic E-state index is 5.17. The van der Waals surface area contributed by atoms with Crippen LogP contribution in [-0.4, -0.2) is 26.1 Å². The zero-order valence-corrected chi connectivity index (χ0v) is 13.1. The summed E-state index contributed by atoms with van der Waals surface area (Å²) in [4.78, 5) is 2.20. The highest BCUT2D eigenvalue weighted by Crippen LogP contribution is 2.13. The number of benzene rings is 2. The van der Waals surface area contributed by atoms with Crippen molar-refractivity contribution in [2.75, 3.05) is 21.2 Å². The summed E-state index contributed by atoms with van der Waals surface area (Å²) < 4.78 is 5.17. The molecule has 0 saturated carbocycles. The standard InChI is InChI=1S/C18H24N2O/c1-20(2)14-17-7-5-4-6-16(17)13-19-12-15-8-10-18(21-3)11-9-15/h4-11,19H,12-14H2,1-3H3. The monoisotopic (exact) mass is 284 g/mol. The van der Waals surface area contributed by atoms with E-state index in [1.165, 1.54) is 16.7 Å². The van der Waals surface area contributed by atoms with Gasteiger partial charge in [-0.15, -0.1) is 0 Å². The predicted octanol–water partition coefficient (Wildman–Crippen LogP) is 3.05. The van der Waals surface area contributed by atoms with Gasteiger partial charge in [0, 0.05) is 19.6 Å². The molecule has 21 heavy (non-hydrogen) atoms. The van der Waals surface area contributed by atoms with E-state index in [-0.39, 0.29) is 0 Å². The quantitative estimate of drug-likeness (QED) is 0.846. The largest absolute Gasteiger partial charge is 0.497 e. The van der Waals surface area contributed by atoms with Gasteiger partial charge in [0.15, 0.2) is 0 Å². The van der Waals surface area contributed by atoms with Gasteiger partial charge in [-0.3, -0.25) is 0 Å². The molecule has 112 valence electrons. The molecular weight excluding hydrogens is 260 g/mol. The van der Waals surface area contributed by atoms with Crippen LogP contribution in [0.25, 0.3) is 0 Å². The molecule has 0 aromatic heterocycles. The van der Waals surface area contributed by atoms with Gasteiger partial charge >= 0.3 is 0 Å². The van der Waals surface area contributed by atoms with Gasteiger partial charge in [-0.1, -0.05) is 36.4 Å². The summed E-state index contributed by atoms with van der Waals surface area (Å²) in [6.07, 6.45) is 0. The number of hydrogen-bond acceptors (Lipinski definition) is 3. The van der Waals surface area contributed by atoms with E-state index in [0.29, 0.717) is 0 Å². The van der Waals surface area contributed by atoms with E-state index >= 15 is 0 Å². The fourth-order valence-electron chi connectivity index (χ4n) is 2.31. The lowest BCUT2D eigenvalue weighted by Crippen LogP contribution is -2.17. The molecule has 2 aromatic carbocycles. The molecule has 0 aliphatic carbocycles. The van der Waals surface area contributed by atoms with Gasteiger partial charge in [0.05, 0.1) is 7.11 Å². The molecule has 0 atom stereocenters. The van der Waals surface area contributed by atoms with E-state index in [1.807, 2.05) is 12.1 Å². The first-order chi connectivity index (χ1) is 10.2. The van der Waals surface area contributed by atoms with Crippen molar-refractivity contribution in [1.29, 1.82) is 0 Å². The summed E-state index contributed by atoms with van der Waals surface area (Å²) in [7, 11) is 5.89. The minimum atomic E-state index is 0.861. The second-order valence-corrected chi connectivity index (χ2v) is 5.46. The lowest BCUT2D eigenvalue weighted by Gasteiger charge is -2.14. The van der Waals surface area contributed by atoms with Crippen LogP contribution in [0.5, 0.6) is 5.75 Å². The average Bonchev–Trinajstić information content (AvgIpc) is 2.49. The summed E-state index contributed by atoms with van der Waals surface area (Å²) in [5, 5.41) is 3.51. The van der Waals surface area contributed by atoms with Gasteiger partial charge in [0.25, 0.3) is 0 Å². The van der Waals surface area contributed by atoms with Crippen molar-refractivity contribution >= 4 is 0 Å². The topological polar surface area (TPSA) is 24.5 Å². The van der Waals surface area contributed by atoms with E-state index in [1.54, 1.807) is 7.11 Å². The van der Waals surface area contributed by atoms with Crippen molar-refractivity contribution < 1.29 is 4.74 Å². The minimum absolute atomic E-state index is 0.861. The molecule has 0 amide bonds. The number of nitrogens with one attached hydrogen (secondary N) is 1. The number of nitrogens with zero attached hydrogens (tertiary/aromatic N) is 1. The zero-order chi connectivity index (χ0) is 15.1. The van der Waals surface area contributed by atoms with E-state index in [4.69, 9.17) is 4.74 Å². The van der Waals surface area contributed by atoms with Gasteiger partial charge in [-0.05, 0) is 42.9 Å². The van der Waals surface area contributed by atoms with Crippen molar-refractivity contribution in [3.05, 3.63) is 65.2 Å². The fourth-order valence-corrected chi connectivity index (χ4v) is 2.31. The van der Waals surface area contributed by atoms with E-state index in [0.717, 1.165) is 25.4 Å². The van der Waals surface area contributed by atoms with Gasteiger partial charge in [0.2, 0.25) is 0 Å². The number of hydrogen-bond donors (Lipinski definition) is 1. The smallest absolute Gasteiger partial charge is 0.118 e. The first kappa shape index (κ1) is 15.5. The van der Waals surface area contributed by atoms with Crippen LogP contribution in [0.15, 0.2) is 48.5 Å². The molecule has 0 saturated heterocycles. The zero-order valence-electron chi connectivity index (χ0n) is 13.1. The molecule has 0 aliphatic rings. The Kier molecular flexibility index (Phi) is 5.78. The van der Waals surface area contributed by atoms with Crippen LogP contribution < -0.4 is 10.1 Å². The second-order valence-electron chi connectivity index (χ2n) is 5.46. The van der Waals surface area contributed by atoms with Crippen LogP contribution in [0.3, 0.4) is 0 Å². The molecule has 2 rings (SSSR count). The lowest BCUT2D eigenvalue weighted by atomic mass is 10.1. The van der Waals surface area contributed by atoms with Crippen molar-refractivity contribution in [2.24, 2.45) is 0 Å². The van der Waals surface area contributed by atoms with Crippen molar-refractivity contribution in [3.63, 3.8) is 0 Å². The first-order valence-electron chi connectivity index (χ1n) is 7.24. The first-order valence-corrected chi connectivity index (χ1v) is 7.24. The lowest BCUT2D eigenvalue weighted by molar-refractivity contribution is 0.400. The van der Waals surface area contributed by atoms with Crippen LogP contribution >= 0.6 is 0 Å². The van der Waals surface area contributed by atoms with Crippen molar-refractivity contribution in [1.82, 2.24) is 10.2 Å². The highest BCUT2D eigenvalue weighted by Gasteiger charge is 2.03. The predicted molar refractivity (Wildman–Crippen MR) is 87.4 cm³/mol. The van der Waals surface area contributed by atoms with Crippen LogP contribution in [-0.2, 0) is 19.6 Å². The van der Waals surface area contributed by atoms with E-state index in [9.17, 15) is 0 Å². The van der Waals surface area contributed by atoms with Crippen LogP contribution in [0, 0.1) is 0 Å². The molecule has 1 N–H and O–H groups in total. The summed E-state index contributed by atoms with van der Waals surface area (Å²) in [5.41, 5.74) is 4.00. The molecule has 0 fully saturated rings. The van der Waals surface area contributed by atoms with E-state index < -0.39 is 0 Å².